The molecule has 1 saturated heterocycles. The summed E-state index contributed by atoms with van der Waals surface area (Å²) in [5, 5.41) is 2.41. The Bertz CT molecular complexity index is 1050. The smallest absolute Gasteiger partial charge is 0.417 e. The summed E-state index contributed by atoms with van der Waals surface area (Å²) < 4.78 is 93.5. The Morgan fingerprint density at radius 1 is 1.26 bits per heavy atom. The predicted molar refractivity (Wildman–Crippen MR) is 109 cm³/mol. The van der Waals surface area contributed by atoms with Crippen molar-refractivity contribution in [2.24, 2.45) is 5.92 Å². The number of methoxy groups -OCH3 is 1. The van der Waals surface area contributed by atoms with E-state index in [0.29, 0.717) is 18.3 Å². The molecule has 0 aliphatic carbocycles. The number of anilines is 1. The van der Waals surface area contributed by atoms with Crippen molar-refractivity contribution in [1.29, 1.82) is 0 Å². The van der Waals surface area contributed by atoms with E-state index < -0.39 is 59.2 Å². The molecule has 0 spiro atoms. The summed E-state index contributed by atoms with van der Waals surface area (Å²) >= 11 is 0. The van der Waals surface area contributed by atoms with Gasteiger partial charge in [0.15, 0.2) is 5.60 Å². The van der Waals surface area contributed by atoms with Gasteiger partial charge in [-0.25, -0.2) is 23.1 Å². The number of carbonyl (C=O) groups is 1. The lowest BCUT2D eigenvalue weighted by Gasteiger charge is -2.32. The van der Waals surface area contributed by atoms with Gasteiger partial charge in [-0.3, -0.25) is 4.79 Å². The third-order valence-corrected chi connectivity index (χ3v) is 6.17. The standard InChI is InChI=1S/C22H23F6N3O3/c1-5-14-29-8-11(9-30-14)31-20(32)18-15(10(2)21(3,34-18)22(26,27)28)12-6-7-13(23)16(19(24)25)17(12)33-4/h6-10,15,18-19H,5H2,1-4H3,(H,31,32)/t10-,15-,18+,21+/m0/s1. The molecule has 1 aliphatic heterocycles. The zero-order valence-corrected chi connectivity index (χ0v) is 18.7. The molecule has 2 aromatic rings. The minimum absolute atomic E-state index is 0.108. The van der Waals surface area contributed by atoms with Crippen LogP contribution >= 0.6 is 0 Å². The van der Waals surface area contributed by atoms with E-state index in [4.69, 9.17) is 9.47 Å². The molecule has 1 aromatic carbocycles. The van der Waals surface area contributed by atoms with Crippen LogP contribution in [0.1, 0.15) is 50.1 Å². The van der Waals surface area contributed by atoms with E-state index in [1.54, 1.807) is 0 Å². The van der Waals surface area contributed by atoms with Gasteiger partial charge in [0.1, 0.15) is 23.5 Å². The molecule has 34 heavy (non-hydrogen) atoms. The van der Waals surface area contributed by atoms with E-state index in [9.17, 15) is 31.1 Å². The van der Waals surface area contributed by atoms with Crippen molar-refractivity contribution in [2.75, 3.05) is 12.4 Å². The Labute approximate surface area is 191 Å². The fourth-order valence-corrected chi connectivity index (χ4v) is 4.12. The fraction of sp³-hybridized carbons (Fsp3) is 0.500. The molecule has 186 valence electrons. The summed E-state index contributed by atoms with van der Waals surface area (Å²) in [6.45, 7) is 3.78. The molecule has 1 fully saturated rings. The van der Waals surface area contributed by atoms with E-state index in [-0.39, 0.29) is 11.3 Å². The average molecular weight is 491 g/mol. The normalized spacial score (nSPS) is 25.0. The second-order valence-corrected chi connectivity index (χ2v) is 8.07. The van der Waals surface area contributed by atoms with Gasteiger partial charge >= 0.3 is 6.18 Å². The summed E-state index contributed by atoms with van der Waals surface area (Å²) in [5.74, 6) is -5.21. The van der Waals surface area contributed by atoms with E-state index in [0.717, 1.165) is 20.1 Å². The second-order valence-electron chi connectivity index (χ2n) is 8.07. The number of aryl methyl sites for hydroxylation is 1. The van der Waals surface area contributed by atoms with Crippen LogP contribution in [0.15, 0.2) is 24.5 Å². The molecular formula is C22H23F6N3O3. The first-order valence-corrected chi connectivity index (χ1v) is 10.4. The van der Waals surface area contributed by atoms with E-state index in [1.807, 2.05) is 6.92 Å². The highest BCUT2D eigenvalue weighted by atomic mass is 19.4. The predicted octanol–water partition coefficient (Wildman–Crippen LogP) is 5.20. The fourth-order valence-electron chi connectivity index (χ4n) is 4.12. The van der Waals surface area contributed by atoms with Crippen LogP contribution in [-0.4, -0.2) is 40.9 Å². The van der Waals surface area contributed by atoms with Crippen molar-refractivity contribution < 1.29 is 40.6 Å². The summed E-state index contributed by atoms with van der Waals surface area (Å²) in [7, 11) is 0.995. The van der Waals surface area contributed by atoms with Crippen LogP contribution in [0.5, 0.6) is 5.75 Å². The minimum atomic E-state index is -4.90. The SMILES string of the molecule is CCc1ncc(NC(=O)[C@@H]2O[C@@](C)(C(F)(F)F)[C@@H](C)[C@H]2c2ccc(F)c(C(F)F)c2OC)cn1. The molecule has 1 aromatic heterocycles. The maximum atomic E-state index is 14.1. The molecule has 0 unspecified atom stereocenters. The Morgan fingerprint density at radius 2 is 1.88 bits per heavy atom. The van der Waals surface area contributed by atoms with Crippen LogP contribution < -0.4 is 10.1 Å². The molecule has 6 nitrogen and oxygen atoms in total. The van der Waals surface area contributed by atoms with E-state index >= 15 is 0 Å². The van der Waals surface area contributed by atoms with Crippen LogP contribution in [0, 0.1) is 11.7 Å². The van der Waals surface area contributed by atoms with Gasteiger partial charge < -0.3 is 14.8 Å². The van der Waals surface area contributed by atoms with Crippen LogP contribution in [0.3, 0.4) is 0 Å². The zero-order chi connectivity index (χ0) is 25.4. The molecule has 1 aliphatic rings. The number of halogens is 6. The third kappa shape index (κ3) is 4.42. The number of benzene rings is 1. The number of nitrogens with one attached hydrogen (secondary N) is 1. The summed E-state index contributed by atoms with van der Waals surface area (Å²) in [5.41, 5.74) is -3.99. The van der Waals surface area contributed by atoms with Crippen LogP contribution in [0.25, 0.3) is 0 Å². The lowest BCUT2D eigenvalue weighted by atomic mass is 9.76. The molecule has 12 heteroatoms. The molecule has 3 rings (SSSR count). The summed E-state index contributed by atoms with van der Waals surface area (Å²) in [6.07, 6.45) is -6.87. The number of alkyl halides is 5. The van der Waals surface area contributed by atoms with Gasteiger partial charge in [-0.05, 0) is 13.0 Å². The zero-order valence-electron chi connectivity index (χ0n) is 18.7. The van der Waals surface area contributed by atoms with Gasteiger partial charge in [0.05, 0.1) is 30.8 Å². The van der Waals surface area contributed by atoms with Gasteiger partial charge in [-0.1, -0.05) is 19.9 Å². The monoisotopic (exact) mass is 491 g/mol. The Balaban J connectivity index is 2.10. The molecule has 1 amide bonds. The third-order valence-electron chi connectivity index (χ3n) is 6.17. The first kappa shape index (κ1) is 25.7. The lowest BCUT2D eigenvalue weighted by molar-refractivity contribution is -0.272. The highest BCUT2D eigenvalue weighted by Crippen LogP contribution is 2.55. The molecular weight excluding hydrogens is 468 g/mol. The molecule has 0 bridgehead atoms. The van der Waals surface area contributed by atoms with Crippen molar-refractivity contribution >= 4 is 11.6 Å². The number of carbonyl (C=O) groups excluding carboxylic acids is 1. The molecule has 0 saturated carbocycles. The van der Waals surface area contributed by atoms with E-state index in [2.05, 4.69) is 15.3 Å². The second kappa shape index (κ2) is 9.40. The number of hydrogen-bond donors (Lipinski definition) is 1. The van der Waals surface area contributed by atoms with Crippen LogP contribution in [-0.2, 0) is 16.0 Å². The van der Waals surface area contributed by atoms with Gasteiger partial charge in [0.25, 0.3) is 12.3 Å². The maximum absolute atomic E-state index is 14.1. The largest absolute Gasteiger partial charge is 0.496 e. The maximum Gasteiger partial charge on any atom is 0.417 e. The van der Waals surface area contributed by atoms with Crippen LogP contribution in [0.4, 0.5) is 32.0 Å². The van der Waals surface area contributed by atoms with Gasteiger partial charge in [-0.2, -0.15) is 13.2 Å². The number of aromatic nitrogens is 2. The summed E-state index contributed by atoms with van der Waals surface area (Å²) in [6, 6.07) is 1.74. The Morgan fingerprint density at radius 3 is 2.38 bits per heavy atom. The van der Waals surface area contributed by atoms with Crippen molar-refractivity contribution in [3.63, 3.8) is 0 Å². The number of amides is 1. The first-order valence-electron chi connectivity index (χ1n) is 10.4. The Hall–Kier alpha value is -2.89. The van der Waals surface area contributed by atoms with Crippen molar-refractivity contribution in [3.8, 4) is 5.75 Å². The number of ether oxygens (including phenoxy) is 2. The van der Waals surface area contributed by atoms with Gasteiger partial charge in [0.2, 0.25) is 0 Å². The van der Waals surface area contributed by atoms with Crippen molar-refractivity contribution in [2.45, 2.75) is 57.4 Å². The molecule has 2 heterocycles. The molecule has 0 radical (unpaired) electrons. The van der Waals surface area contributed by atoms with E-state index in [1.165, 1.54) is 19.3 Å². The van der Waals surface area contributed by atoms with Gasteiger partial charge in [-0.15, -0.1) is 0 Å². The topological polar surface area (TPSA) is 73.3 Å². The quantitative estimate of drug-likeness (QED) is 0.563. The van der Waals surface area contributed by atoms with Crippen LogP contribution in [0.2, 0.25) is 0 Å². The highest BCUT2D eigenvalue weighted by molar-refractivity contribution is 5.95. The Kier molecular flexibility index (Phi) is 7.11. The first-order chi connectivity index (χ1) is 15.9. The lowest BCUT2D eigenvalue weighted by Crippen LogP contribution is -2.47. The van der Waals surface area contributed by atoms with Gasteiger partial charge in [0, 0.05) is 23.8 Å². The number of nitrogens with zero attached hydrogens (tertiary/aromatic N) is 2. The molecule has 4 atom stereocenters. The summed E-state index contributed by atoms with van der Waals surface area (Å²) in [4.78, 5) is 21.1. The number of hydrogen-bond acceptors (Lipinski definition) is 5. The van der Waals surface area contributed by atoms with Crippen molar-refractivity contribution in [3.05, 3.63) is 47.3 Å². The molecule has 1 N–H and O–H groups in total. The van der Waals surface area contributed by atoms with Crippen molar-refractivity contribution in [1.82, 2.24) is 9.97 Å². The minimum Gasteiger partial charge on any atom is -0.496 e. The number of rotatable bonds is 6. The highest BCUT2D eigenvalue weighted by Gasteiger charge is 2.66. The average Bonchev–Trinajstić information content (AvgIpc) is 3.05.